The molecule has 0 saturated heterocycles. The van der Waals surface area contributed by atoms with Crippen LogP contribution in [-0.2, 0) is 0 Å². The predicted molar refractivity (Wildman–Crippen MR) is 74.8 cm³/mol. The molecule has 20 heavy (non-hydrogen) atoms. The lowest BCUT2D eigenvalue weighted by Crippen LogP contribution is -2.37. The summed E-state index contributed by atoms with van der Waals surface area (Å²) in [6, 6.07) is 2.78. The third kappa shape index (κ3) is 3.94. The van der Waals surface area contributed by atoms with Gasteiger partial charge in [0.2, 0.25) is 0 Å². The van der Waals surface area contributed by atoms with Gasteiger partial charge >= 0.3 is 12.0 Å². The van der Waals surface area contributed by atoms with Gasteiger partial charge in [-0.3, -0.25) is 0 Å². The Labute approximate surface area is 117 Å². The number of hydrogen-bond acceptors (Lipinski definition) is 3. The summed E-state index contributed by atoms with van der Waals surface area (Å²) in [7, 11) is 0. The summed E-state index contributed by atoms with van der Waals surface area (Å²) in [4.78, 5) is 28.4. The molecule has 0 aliphatic heterocycles. The second-order valence-electron chi connectivity index (χ2n) is 5.06. The van der Waals surface area contributed by atoms with Gasteiger partial charge in [0, 0.05) is 13.1 Å². The Balaban J connectivity index is 1.95. The van der Waals surface area contributed by atoms with Crippen molar-refractivity contribution in [2.75, 3.05) is 18.4 Å². The number of carbonyl (C=O) groups excluding carboxylic acids is 1. The number of nitrogens with zero attached hydrogens (tertiary/aromatic N) is 2. The van der Waals surface area contributed by atoms with E-state index in [2.05, 4.69) is 10.3 Å². The van der Waals surface area contributed by atoms with E-state index in [4.69, 9.17) is 5.11 Å². The van der Waals surface area contributed by atoms with E-state index in [-0.39, 0.29) is 11.7 Å². The van der Waals surface area contributed by atoms with Crippen molar-refractivity contribution in [3.63, 3.8) is 0 Å². The number of amides is 2. The van der Waals surface area contributed by atoms with Crippen LogP contribution >= 0.6 is 0 Å². The van der Waals surface area contributed by atoms with Crippen LogP contribution in [0.25, 0.3) is 0 Å². The molecule has 0 aromatic carbocycles. The molecule has 1 fully saturated rings. The van der Waals surface area contributed by atoms with Crippen molar-refractivity contribution in [2.24, 2.45) is 5.92 Å². The summed E-state index contributed by atoms with van der Waals surface area (Å²) < 4.78 is 0. The van der Waals surface area contributed by atoms with E-state index in [0.717, 1.165) is 19.5 Å². The standard InChI is InChI=1S/C14H19N3O3/c1-2-7-17(9-10-3-4-10)14(20)16-11-5-6-12(13(18)19)15-8-11/h5-6,8,10H,2-4,7,9H2,1H3,(H,16,20)(H,18,19). The van der Waals surface area contributed by atoms with Crippen LogP contribution in [0.1, 0.15) is 36.7 Å². The van der Waals surface area contributed by atoms with Crippen LogP contribution in [0.4, 0.5) is 10.5 Å². The summed E-state index contributed by atoms with van der Waals surface area (Å²) in [6.07, 6.45) is 4.67. The molecule has 1 aromatic heterocycles. The van der Waals surface area contributed by atoms with Gasteiger partial charge < -0.3 is 15.3 Å². The maximum absolute atomic E-state index is 12.2. The Morgan fingerprint density at radius 2 is 2.20 bits per heavy atom. The fourth-order valence-corrected chi connectivity index (χ4v) is 1.95. The average molecular weight is 277 g/mol. The summed E-state index contributed by atoms with van der Waals surface area (Å²) in [5.41, 5.74) is 0.475. The molecule has 1 aliphatic rings. The number of pyridine rings is 1. The Morgan fingerprint density at radius 3 is 2.70 bits per heavy atom. The van der Waals surface area contributed by atoms with Crippen LogP contribution in [-0.4, -0.2) is 40.1 Å². The SMILES string of the molecule is CCCN(CC1CC1)C(=O)Nc1ccc(C(=O)O)nc1. The van der Waals surface area contributed by atoms with Crippen molar-refractivity contribution in [1.29, 1.82) is 0 Å². The highest BCUT2D eigenvalue weighted by atomic mass is 16.4. The summed E-state index contributed by atoms with van der Waals surface area (Å²) in [5, 5.41) is 11.5. The molecule has 1 aromatic rings. The van der Waals surface area contributed by atoms with Gasteiger partial charge in [0.1, 0.15) is 5.69 Å². The Bertz CT molecular complexity index is 483. The molecule has 1 aliphatic carbocycles. The Kier molecular flexibility index (Phi) is 4.55. The maximum atomic E-state index is 12.2. The number of hydrogen-bond donors (Lipinski definition) is 2. The fourth-order valence-electron chi connectivity index (χ4n) is 1.95. The molecule has 1 saturated carbocycles. The molecule has 2 amide bonds. The molecule has 6 nitrogen and oxygen atoms in total. The van der Waals surface area contributed by atoms with Gasteiger partial charge in [0.25, 0.3) is 0 Å². The highest BCUT2D eigenvalue weighted by molar-refractivity contribution is 5.90. The van der Waals surface area contributed by atoms with Gasteiger partial charge in [-0.1, -0.05) is 6.92 Å². The highest BCUT2D eigenvalue weighted by Gasteiger charge is 2.26. The van der Waals surface area contributed by atoms with E-state index in [1.54, 1.807) is 6.07 Å². The van der Waals surface area contributed by atoms with Gasteiger partial charge in [-0.25, -0.2) is 14.6 Å². The van der Waals surface area contributed by atoms with Crippen LogP contribution in [0.5, 0.6) is 0 Å². The molecule has 0 radical (unpaired) electrons. The van der Waals surface area contributed by atoms with E-state index in [9.17, 15) is 9.59 Å². The first-order valence-corrected chi connectivity index (χ1v) is 6.85. The second kappa shape index (κ2) is 6.36. The van der Waals surface area contributed by atoms with Crippen molar-refractivity contribution in [2.45, 2.75) is 26.2 Å². The van der Waals surface area contributed by atoms with Gasteiger partial charge in [-0.15, -0.1) is 0 Å². The zero-order chi connectivity index (χ0) is 14.5. The van der Waals surface area contributed by atoms with E-state index >= 15 is 0 Å². The minimum atomic E-state index is -1.08. The van der Waals surface area contributed by atoms with Crippen LogP contribution in [0, 0.1) is 5.92 Å². The zero-order valence-electron chi connectivity index (χ0n) is 11.5. The molecule has 2 rings (SSSR count). The molecule has 1 heterocycles. The van der Waals surface area contributed by atoms with E-state index in [1.807, 2.05) is 11.8 Å². The molecule has 6 heteroatoms. The number of rotatable bonds is 6. The number of aromatic carboxylic acids is 1. The smallest absolute Gasteiger partial charge is 0.354 e. The van der Waals surface area contributed by atoms with Crippen LogP contribution < -0.4 is 5.32 Å². The molecular weight excluding hydrogens is 258 g/mol. The lowest BCUT2D eigenvalue weighted by atomic mass is 10.3. The normalized spacial score (nSPS) is 13.8. The predicted octanol–water partition coefficient (Wildman–Crippen LogP) is 2.43. The molecule has 0 atom stereocenters. The minimum Gasteiger partial charge on any atom is -0.477 e. The quantitative estimate of drug-likeness (QED) is 0.836. The number of aromatic nitrogens is 1. The number of carbonyl (C=O) groups is 2. The summed E-state index contributed by atoms with van der Waals surface area (Å²) in [6.45, 7) is 3.56. The average Bonchev–Trinajstić information content (AvgIpc) is 3.23. The Hall–Kier alpha value is -2.11. The van der Waals surface area contributed by atoms with Crippen molar-refractivity contribution in [3.05, 3.63) is 24.0 Å². The van der Waals surface area contributed by atoms with Crippen molar-refractivity contribution in [1.82, 2.24) is 9.88 Å². The summed E-state index contributed by atoms with van der Waals surface area (Å²) >= 11 is 0. The topological polar surface area (TPSA) is 82.5 Å². The molecular formula is C14H19N3O3. The first-order chi connectivity index (χ1) is 9.60. The maximum Gasteiger partial charge on any atom is 0.354 e. The lowest BCUT2D eigenvalue weighted by Gasteiger charge is -2.22. The lowest BCUT2D eigenvalue weighted by molar-refractivity contribution is 0.0690. The van der Waals surface area contributed by atoms with Gasteiger partial charge in [-0.2, -0.15) is 0 Å². The number of urea groups is 1. The van der Waals surface area contributed by atoms with Gasteiger partial charge in [0.05, 0.1) is 11.9 Å². The largest absolute Gasteiger partial charge is 0.477 e. The van der Waals surface area contributed by atoms with Crippen LogP contribution in [0.15, 0.2) is 18.3 Å². The third-order valence-corrected chi connectivity index (χ3v) is 3.19. The first kappa shape index (κ1) is 14.3. The van der Waals surface area contributed by atoms with E-state index in [1.165, 1.54) is 25.1 Å². The second-order valence-corrected chi connectivity index (χ2v) is 5.06. The molecule has 0 spiro atoms. The summed E-state index contributed by atoms with van der Waals surface area (Å²) in [5.74, 6) is -0.441. The minimum absolute atomic E-state index is 0.0357. The van der Waals surface area contributed by atoms with Crippen molar-refractivity contribution < 1.29 is 14.7 Å². The van der Waals surface area contributed by atoms with E-state index in [0.29, 0.717) is 11.6 Å². The molecule has 0 unspecified atom stereocenters. The number of carboxylic acids is 1. The number of anilines is 1. The highest BCUT2D eigenvalue weighted by Crippen LogP contribution is 2.29. The van der Waals surface area contributed by atoms with Crippen molar-refractivity contribution >= 4 is 17.7 Å². The van der Waals surface area contributed by atoms with Crippen LogP contribution in [0.3, 0.4) is 0 Å². The zero-order valence-corrected chi connectivity index (χ0v) is 11.5. The van der Waals surface area contributed by atoms with Crippen molar-refractivity contribution in [3.8, 4) is 0 Å². The first-order valence-electron chi connectivity index (χ1n) is 6.85. The number of nitrogens with one attached hydrogen (secondary N) is 1. The monoisotopic (exact) mass is 277 g/mol. The fraction of sp³-hybridized carbons (Fsp3) is 0.500. The van der Waals surface area contributed by atoms with Gasteiger partial charge in [0.15, 0.2) is 0 Å². The Morgan fingerprint density at radius 1 is 1.45 bits per heavy atom. The van der Waals surface area contributed by atoms with E-state index < -0.39 is 5.97 Å². The third-order valence-electron chi connectivity index (χ3n) is 3.19. The molecule has 108 valence electrons. The molecule has 2 N–H and O–H groups in total. The van der Waals surface area contributed by atoms with Crippen LogP contribution in [0.2, 0.25) is 0 Å². The molecule has 0 bridgehead atoms. The van der Waals surface area contributed by atoms with Gasteiger partial charge in [-0.05, 0) is 37.3 Å². The number of carboxylic acid groups (broad SMARTS) is 1.